The molecular weight excluding hydrogens is 190 g/mol. The third-order valence-electron chi connectivity index (χ3n) is 1.90. The van der Waals surface area contributed by atoms with E-state index in [4.69, 9.17) is 0 Å². The van der Waals surface area contributed by atoms with Gasteiger partial charge in [-0.25, -0.2) is 0 Å². The highest BCUT2D eigenvalue weighted by Crippen LogP contribution is 2.29. The molecule has 1 aromatic carbocycles. The number of hydrogen-bond acceptors (Lipinski definition) is 2. The van der Waals surface area contributed by atoms with Crippen LogP contribution in [0.4, 0.5) is 8.78 Å². The lowest BCUT2D eigenvalue weighted by Crippen LogP contribution is -2.07. The number of aliphatic hydroxyl groups excluding tert-OH is 1. The fourth-order valence-electron chi connectivity index (χ4n) is 1.25. The summed E-state index contributed by atoms with van der Waals surface area (Å²) in [6.07, 6.45) is -0.816. The predicted octanol–water partition coefficient (Wildman–Crippen LogP) is 2.65. The summed E-state index contributed by atoms with van der Waals surface area (Å²) in [6.45, 7) is 0.296. The zero-order chi connectivity index (χ0) is 10.7. The molecule has 1 atom stereocenters. The molecule has 0 aliphatic carbocycles. The van der Waals surface area contributed by atoms with Crippen molar-refractivity contribution in [1.29, 1.82) is 0 Å². The van der Waals surface area contributed by atoms with Gasteiger partial charge in [-0.3, -0.25) is 0 Å². The van der Waals surface area contributed by atoms with Crippen molar-refractivity contribution in [3.8, 4) is 5.75 Å². The molecular formula is C10H12F2O2. The van der Waals surface area contributed by atoms with Crippen molar-refractivity contribution >= 4 is 0 Å². The molecule has 4 heteroatoms. The van der Waals surface area contributed by atoms with Crippen LogP contribution in [-0.2, 0) is 0 Å². The molecule has 0 aliphatic heterocycles. The molecule has 2 nitrogen and oxygen atoms in total. The Morgan fingerprint density at radius 2 is 2.00 bits per heavy atom. The van der Waals surface area contributed by atoms with Crippen LogP contribution in [0, 0.1) is 6.92 Å². The maximum atomic E-state index is 12.0. The van der Waals surface area contributed by atoms with Crippen molar-refractivity contribution in [3.05, 3.63) is 29.3 Å². The molecule has 0 amide bonds. The first-order valence-electron chi connectivity index (χ1n) is 4.24. The molecule has 14 heavy (non-hydrogen) atoms. The maximum Gasteiger partial charge on any atom is 0.387 e. The molecule has 0 aromatic heterocycles. The summed E-state index contributed by atoms with van der Waals surface area (Å²) in [5.41, 5.74) is 0.967. The quantitative estimate of drug-likeness (QED) is 0.816. The molecule has 0 saturated heterocycles. The van der Waals surface area contributed by atoms with Crippen LogP contribution in [0.2, 0.25) is 0 Å². The van der Waals surface area contributed by atoms with Gasteiger partial charge < -0.3 is 9.84 Å². The molecule has 1 aromatic rings. The van der Waals surface area contributed by atoms with Gasteiger partial charge in [-0.1, -0.05) is 18.2 Å². The van der Waals surface area contributed by atoms with Gasteiger partial charge in [-0.15, -0.1) is 0 Å². The first-order valence-corrected chi connectivity index (χ1v) is 4.24. The van der Waals surface area contributed by atoms with Crippen molar-refractivity contribution in [2.75, 3.05) is 0 Å². The second-order valence-corrected chi connectivity index (χ2v) is 3.05. The zero-order valence-electron chi connectivity index (χ0n) is 8.00. The summed E-state index contributed by atoms with van der Waals surface area (Å²) in [5, 5.41) is 9.32. The lowest BCUT2D eigenvalue weighted by atomic mass is 10.1. The third kappa shape index (κ3) is 2.42. The standard InChI is InChI=1S/C10H12F2O2/c1-6-4-3-5-8(7(2)13)9(6)14-10(11)12/h3-5,7,10,13H,1-2H3/t7-/m0/s1. The van der Waals surface area contributed by atoms with Crippen LogP contribution in [0.1, 0.15) is 24.2 Å². The van der Waals surface area contributed by atoms with Gasteiger partial charge in [0.05, 0.1) is 6.10 Å². The van der Waals surface area contributed by atoms with Crippen LogP contribution in [0.5, 0.6) is 5.75 Å². The summed E-state index contributed by atoms with van der Waals surface area (Å²) >= 11 is 0. The molecule has 0 heterocycles. The summed E-state index contributed by atoms with van der Waals surface area (Å²) in [4.78, 5) is 0. The normalized spacial score (nSPS) is 13.0. The molecule has 78 valence electrons. The van der Waals surface area contributed by atoms with Crippen LogP contribution in [0.15, 0.2) is 18.2 Å². The zero-order valence-corrected chi connectivity index (χ0v) is 8.00. The highest BCUT2D eigenvalue weighted by Gasteiger charge is 2.14. The first-order chi connectivity index (χ1) is 6.52. The van der Waals surface area contributed by atoms with Gasteiger partial charge in [0.1, 0.15) is 5.75 Å². The molecule has 0 fully saturated rings. The lowest BCUT2D eigenvalue weighted by Gasteiger charge is -2.14. The summed E-state index contributed by atoms with van der Waals surface area (Å²) in [5.74, 6) is 0.0671. The Balaban J connectivity index is 3.09. The van der Waals surface area contributed by atoms with Crippen LogP contribution in [0.3, 0.4) is 0 Å². The van der Waals surface area contributed by atoms with Crippen LogP contribution < -0.4 is 4.74 Å². The van der Waals surface area contributed by atoms with Gasteiger partial charge in [-0.05, 0) is 19.4 Å². The minimum absolute atomic E-state index is 0.0671. The molecule has 0 radical (unpaired) electrons. The number of para-hydroxylation sites is 1. The Morgan fingerprint density at radius 3 is 2.50 bits per heavy atom. The monoisotopic (exact) mass is 202 g/mol. The summed E-state index contributed by atoms with van der Waals surface area (Å²) in [6, 6.07) is 4.91. The third-order valence-corrected chi connectivity index (χ3v) is 1.90. The molecule has 0 bridgehead atoms. The molecule has 1 N–H and O–H groups in total. The SMILES string of the molecule is Cc1cccc([C@H](C)O)c1OC(F)F. The van der Waals surface area contributed by atoms with E-state index in [2.05, 4.69) is 4.74 Å². The Morgan fingerprint density at radius 1 is 1.36 bits per heavy atom. The van der Waals surface area contributed by atoms with E-state index in [0.717, 1.165) is 0 Å². The van der Waals surface area contributed by atoms with E-state index in [1.54, 1.807) is 25.1 Å². The predicted molar refractivity (Wildman–Crippen MR) is 48.4 cm³/mol. The Bertz CT molecular complexity index is 311. The van der Waals surface area contributed by atoms with Crippen LogP contribution >= 0.6 is 0 Å². The number of aryl methyl sites for hydroxylation is 1. The van der Waals surface area contributed by atoms with Gasteiger partial charge in [0.25, 0.3) is 0 Å². The van der Waals surface area contributed by atoms with Crippen molar-refractivity contribution in [2.24, 2.45) is 0 Å². The van der Waals surface area contributed by atoms with E-state index >= 15 is 0 Å². The van der Waals surface area contributed by atoms with Crippen molar-refractivity contribution < 1.29 is 18.6 Å². The first kappa shape index (κ1) is 10.9. The van der Waals surface area contributed by atoms with Gasteiger partial charge in [0, 0.05) is 5.56 Å². The Kier molecular flexibility index (Phi) is 3.41. The summed E-state index contributed by atoms with van der Waals surface area (Å²) < 4.78 is 28.4. The second kappa shape index (κ2) is 4.37. The average molecular weight is 202 g/mol. The maximum absolute atomic E-state index is 12.0. The van der Waals surface area contributed by atoms with E-state index in [1.165, 1.54) is 6.92 Å². The number of benzene rings is 1. The lowest BCUT2D eigenvalue weighted by molar-refractivity contribution is -0.0518. The number of halogens is 2. The number of alkyl halides is 2. The Labute approximate surface area is 81.1 Å². The van der Waals surface area contributed by atoms with E-state index in [9.17, 15) is 13.9 Å². The van der Waals surface area contributed by atoms with Crippen molar-refractivity contribution in [3.63, 3.8) is 0 Å². The molecule has 1 rings (SSSR count). The van der Waals surface area contributed by atoms with Crippen LogP contribution in [-0.4, -0.2) is 11.7 Å². The largest absolute Gasteiger partial charge is 0.434 e. The highest BCUT2D eigenvalue weighted by atomic mass is 19.3. The molecule has 0 saturated carbocycles. The van der Waals surface area contributed by atoms with Crippen molar-refractivity contribution in [1.82, 2.24) is 0 Å². The van der Waals surface area contributed by atoms with Crippen molar-refractivity contribution in [2.45, 2.75) is 26.6 Å². The van der Waals surface area contributed by atoms with E-state index in [0.29, 0.717) is 11.1 Å². The minimum atomic E-state index is -2.87. The number of aliphatic hydroxyl groups is 1. The molecule has 0 aliphatic rings. The number of rotatable bonds is 3. The fraction of sp³-hybridized carbons (Fsp3) is 0.400. The van der Waals surface area contributed by atoms with E-state index in [1.807, 2.05) is 0 Å². The number of hydrogen-bond donors (Lipinski definition) is 1. The second-order valence-electron chi connectivity index (χ2n) is 3.05. The molecule has 0 unspecified atom stereocenters. The summed E-state index contributed by atoms with van der Waals surface area (Å²) in [7, 11) is 0. The van der Waals surface area contributed by atoms with Gasteiger partial charge in [0.2, 0.25) is 0 Å². The highest BCUT2D eigenvalue weighted by molar-refractivity contribution is 5.41. The fourth-order valence-corrected chi connectivity index (χ4v) is 1.25. The smallest absolute Gasteiger partial charge is 0.387 e. The minimum Gasteiger partial charge on any atom is -0.434 e. The number of ether oxygens (including phenoxy) is 1. The van der Waals surface area contributed by atoms with Gasteiger partial charge in [-0.2, -0.15) is 8.78 Å². The van der Waals surface area contributed by atoms with Gasteiger partial charge in [0.15, 0.2) is 0 Å². The average Bonchev–Trinajstić information content (AvgIpc) is 2.07. The van der Waals surface area contributed by atoms with Gasteiger partial charge >= 0.3 is 6.61 Å². The topological polar surface area (TPSA) is 29.5 Å². The molecule has 0 spiro atoms. The van der Waals surface area contributed by atoms with Crippen LogP contribution in [0.25, 0.3) is 0 Å². The Hall–Kier alpha value is -1.16. The van der Waals surface area contributed by atoms with E-state index < -0.39 is 12.7 Å². The van der Waals surface area contributed by atoms with E-state index in [-0.39, 0.29) is 5.75 Å².